The van der Waals surface area contributed by atoms with Crippen molar-refractivity contribution >= 4 is 0 Å². The minimum atomic E-state index is -0.519. The molecule has 0 aliphatic rings. The van der Waals surface area contributed by atoms with E-state index < -0.39 is 6.10 Å². The van der Waals surface area contributed by atoms with Crippen LogP contribution < -0.4 is 0 Å². The average Bonchev–Trinajstić information content (AvgIpc) is 2.02. The summed E-state index contributed by atoms with van der Waals surface area (Å²) in [5.74, 6) is 0. The Morgan fingerprint density at radius 1 is 1.33 bits per heavy atom. The number of aliphatic hydroxyl groups excluding tert-OH is 2. The first kappa shape index (κ1) is 11.9. The van der Waals surface area contributed by atoms with Crippen molar-refractivity contribution < 1.29 is 14.9 Å². The number of ether oxygens (including phenoxy) is 1. The predicted molar refractivity (Wildman–Crippen MR) is 48.0 cm³/mol. The molecule has 2 atom stereocenters. The van der Waals surface area contributed by atoms with Crippen LogP contribution in [0, 0.1) is 0 Å². The summed E-state index contributed by atoms with van der Waals surface area (Å²) in [6.07, 6.45) is 2.21. The molecule has 0 heterocycles. The van der Waals surface area contributed by atoms with Crippen LogP contribution in [0.25, 0.3) is 0 Å². The third-order valence-electron chi connectivity index (χ3n) is 1.73. The lowest BCUT2D eigenvalue weighted by Gasteiger charge is -2.14. The molecular formula is C9H20O3. The topological polar surface area (TPSA) is 49.7 Å². The first-order valence-corrected chi connectivity index (χ1v) is 4.61. The molecule has 0 aliphatic heterocycles. The van der Waals surface area contributed by atoms with Gasteiger partial charge in [-0.1, -0.05) is 13.3 Å². The Bertz CT molecular complexity index is 83.8. The van der Waals surface area contributed by atoms with E-state index in [1.807, 2.05) is 6.92 Å². The smallest absolute Gasteiger partial charge is 0.0795 e. The Morgan fingerprint density at radius 3 is 2.50 bits per heavy atom. The largest absolute Gasteiger partial charge is 0.396 e. The SMILES string of the molecule is CCCC(C)OCC(O)CCO. The van der Waals surface area contributed by atoms with Crippen LogP contribution in [0.1, 0.15) is 33.1 Å². The average molecular weight is 176 g/mol. The highest BCUT2D eigenvalue weighted by Crippen LogP contribution is 2.02. The van der Waals surface area contributed by atoms with Crippen LogP contribution in [0.2, 0.25) is 0 Å². The van der Waals surface area contributed by atoms with E-state index in [9.17, 15) is 5.11 Å². The summed E-state index contributed by atoms with van der Waals surface area (Å²) in [6.45, 7) is 4.45. The van der Waals surface area contributed by atoms with Gasteiger partial charge in [0.05, 0.1) is 18.8 Å². The summed E-state index contributed by atoms with van der Waals surface area (Å²) in [7, 11) is 0. The summed E-state index contributed by atoms with van der Waals surface area (Å²) >= 11 is 0. The molecule has 0 saturated carbocycles. The van der Waals surface area contributed by atoms with E-state index in [1.165, 1.54) is 0 Å². The van der Waals surface area contributed by atoms with Gasteiger partial charge in [0.2, 0.25) is 0 Å². The van der Waals surface area contributed by atoms with Crippen molar-refractivity contribution in [3.05, 3.63) is 0 Å². The third-order valence-corrected chi connectivity index (χ3v) is 1.73. The maximum absolute atomic E-state index is 9.18. The second-order valence-corrected chi connectivity index (χ2v) is 3.10. The van der Waals surface area contributed by atoms with Crippen LogP contribution in [0.5, 0.6) is 0 Å². The van der Waals surface area contributed by atoms with Gasteiger partial charge in [0.15, 0.2) is 0 Å². The molecule has 3 nitrogen and oxygen atoms in total. The molecule has 0 aromatic heterocycles. The predicted octanol–water partition coefficient (Wildman–Crippen LogP) is 0.935. The lowest BCUT2D eigenvalue weighted by Crippen LogP contribution is -2.20. The molecule has 0 saturated heterocycles. The molecule has 0 aromatic rings. The van der Waals surface area contributed by atoms with Gasteiger partial charge in [0, 0.05) is 6.61 Å². The summed E-state index contributed by atoms with van der Waals surface area (Å²) in [6, 6.07) is 0. The van der Waals surface area contributed by atoms with Crippen LogP contribution >= 0.6 is 0 Å². The van der Waals surface area contributed by atoms with Gasteiger partial charge >= 0.3 is 0 Å². The van der Waals surface area contributed by atoms with Crippen LogP contribution in [0.4, 0.5) is 0 Å². The fourth-order valence-electron chi connectivity index (χ4n) is 0.998. The highest BCUT2D eigenvalue weighted by atomic mass is 16.5. The second-order valence-electron chi connectivity index (χ2n) is 3.10. The van der Waals surface area contributed by atoms with Crippen LogP contribution in [-0.4, -0.2) is 35.6 Å². The molecule has 0 aliphatic carbocycles. The highest BCUT2D eigenvalue weighted by molar-refractivity contribution is 4.55. The first-order valence-electron chi connectivity index (χ1n) is 4.61. The minimum Gasteiger partial charge on any atom is -0.396 e. The van der Waals surface area contributed by atoms with Gasteiger partial charge in [-0.2, -0.15) is 0 Å². The maximum atomic E-state index is 9.18. The van der Waals surface area contributed by atoms with E-state index in [0.29, 0.717) is 13.0 Å². The van der Waals surface area contributed by atoms with Crippen molar-refractivity contribution in [2.75, 3.05) is 13.2 Å². The normalized spacial score (nSPS) is 16.0. The van der Waals surface area contributed by atoms with Crippen molar-refractivity contribution in [1.82, 2.24) is 0 Å². The van der Waals surface area contributed by atoms with Gasteiger partial charge in [0.25, 0.3) is 0 Å². The van der Waals surface area contributed by atoms with E-state index in [2.05, 4.69) is 6.92 Å². The van der Waals surface area contributed by atoms with E-state index in [0.717, 1.165) is 12.8 Å². The van der Waals surface area contributed by atoms with Crippen molar-refractivity contribution in [1.29, 1.82) is 0 Å². The molecule has 74 valence electrons. The van der Waals surface area contributed by atoms with Crippen molar-refractivity contribution in [3.8, 4) is 0 Å². The van der Waals surface area contributed by atoms with Gasteiger partial charge in [-0.3, -0.25) is 0 Å². The van der Waals surface area contributed by atoms with Gasteiger partial charge < -0.3 is 14.9 Å². The van der Waals surface area contributed by atoms with Gasteiger partial charge in [-0.05, 0) is 19.8 Å². The number of hydrogen-bond donors (Lipinski definition) is 2. The molecule has 0 radical (unpaired) electrons. The van der Waals surface area contributed by atoms with Crippen LogP contribution in [-0.2, 0) is 4.74 Å². The van der Waals surface area contributed by atoms with Crippen molar-refractivity contribution in [2.24, 2.45) is 0 Å². The van der Waals surface area contributed by atoms with Gasteiger partial charge in [-0.25, -0.2) is 0 Å². The summed E-state index contributed by atoms with van der Waals surface area (Å²) in [5, 5.41) is 17.7. The van der Waals surface area contributed by atoms with Crippen molar-refractivity contribution in [2.45, 2.75) is 45.3 Å². The second kappa shape index (κ2) is 7.53. The molecular weight excluding hydrogens is 156 g/mol. The Hall–Kier alpha value is -0.120. The fourth-order valence-corrected chi connectivity index (χ4v) is 0.998. The summed E-state index contributed by atoms with van der Waals surface area (Å²) in [4.78, 5) is 0. The van der Waals surface area contributed by atoms with E-state index in [4.69, 9.17) is 9.84 Å². The molecule has 0 amide bonds. The Kier molecular flexibility index (Phi) is 7.45. The molecule has 0 spiro atoms. The molecule has 0 bridgehead atoms. The van der Waals surface area contributed by atoms with E-state index in [1.54, 1.807) is 0 Å². The quantitative estimate of drug-likeness (QED) is 0.607. The number of hydrogen-bond acceptors (Lipinski definition) is 3. The fraction of sp³-hybridized carbons (Fsp3) is 1.00. The monoisotopic (exact) mass is 176 g/mol. The van der Waals surface area contributed by atoms with E-state index >= 15 is 0 Å². The standard InChI is InChI=1S/C9H20O3/c1-3-4-8(2)12-7-9(11)5-6-10/h8-11H,3-7H2,1-2H3. The Labute approximate surface area is 74.4 Å². The maximum Gasteiger partial charge on any atom is 0.0795 e. The molecule has 2 unspecified atom stereocenters. The van der Waals surface area contributed by atoms with Gasteiger partial charge in [-0.15, -0.1) is 0 Å². The lowest BCUT2D eigenvalue weighted by atomic mass is 10.2. The van der Waals surface area contributed by atoms with Crippen LogP contribution in [0.15, 0.2) is 0 Å². The third kappa shape index (κ3) is 6.58. The van der Waals surface area contributed by atoms with Crippen LogP contribution in [0.3, 0.4) is 0 Å². The molecule has 0 aromatic carbocycles. The van der Waals surface area contributed by atoms with Gasteiger partial charge in [0.1, 0.15) is 0 Å². The Balaban J connectivity index is 3.27. The number of rotatable bonds is 7. The zero-order chi connectivity index (χ0) is 9.40. The zero-order valence-corrected chi connectivity index (χ0v) is 7.99. The molecule has 2 N–H and O–H groups in total. The lowest BCUT2D eigenvalue weighted by molar-refractivity contribution is -0.0128. The first-order chi connectivity index (χ1) is 5.70. The highest BCUT2D eigenvalue weighted by Gasteiger charge is 2.06. The number of aliphatic hydroxyl groups is 2. The van der Waals surface area contributed by atoms with Crippen molar-refractivity contribution in [3.63, 3.8) is 0 Å². The molecule has 0 rings (SSSR count). The molecule has 3 heteroatoms. The minimum absolute atomic E-state index is 0.0205. The molecule has 0 fully saturated rings. The molecule has 12 heavy (non-hydrogen) atoms. The van der Waals surface area contributed by atoms with E-state index in [-0.39, 0.29) is 12.7 Å². The summed E-state index contributed by atoms with van der Waals surface area (Å²) < 4.78 is 5.34. The Morgan fingerprint density at radius 2 is 2.00 bits per heavy atom. The summed E-state index contributed by atoms with van der Waals surface area (Å²) in [5.41, 5.74) is 0. The zero-order valence-electron chi connectivity index (χ0n) is 7.99.